The number of hydrogen-bond donors (Lipinski definition) is 2. The van der Waals surface area contributed by atoms with Crippen LogP contribution in [-0.2, 0) is 7.05 Å². The van der Waals surface area contributed by atoms with Crippen LogP contribution in [0.15, 0.2) is 42.5 Å². The summed E-state index contributed by atoms with van der Waals surface area (Å²) in [5, 5.41) is 18.2. The number of aryl methyl sites for hydroxylation is 1. The topological polar surface area (TPSA) is 101 Å². The van der Waals surface area contributed by atoms with Crippen molar-refractivity contribution in [2.24, 2.45) is 7.05 Å². The van der Waals surface area contributed by atoms with Gasteiger partial charge in [-0.1, -0.05) is 31.2 Å². The van der Waals surface area contributed by atoms with E-state index in [0.29, 0.717) is 22.6 Å². The summed E-state index contributed by atoms with van der Waals surface area (Å²) in [5.74, 6) is 1.37. The van der Waals surface area contributed by atoms with E-state index in [-0.39, 0.29) is 11.8 Å². The molecule has 2 N–H and O–H groups in total. The summed E-state index contributed by atoms with van der Waals surface area (Å²) in [4.78, 5) is 17.3. The summed E-state index contributed by atoms with van der Waals surface area (Å²) in [5.41, 5.74) is 3.46. The van der Waals surface area contributed by atoms with Crippen molar-refractivity contribution in [1.82, 2.24) is 30.2 Å². The molecule has 0 unspecified atom stereocenters. The summed E-state index contributed by atoms with van der Waals surface area (Å²) in [7, 11) is 1.81. The van der Waals surface area contributed by atoms with Gasteiger partial charge in [-0.05, 0) is 30.3 Å². The fourth-order valence-electron chi connectivity index (χ4n) is 2.82. The molecule has 0 spiro atoms. The number of benzene rings is 2. The minimum atomic E-state index is -0.227. The van der Waals surface area contributed by atoms with E-state index in [2.05, 4.69) is 30.8 Å². The van der Waals surface area contributed by atoms with Gasteiger partial charge < -0.3 is 5.32 Å². The van der Waals surface area contributed by atoms with Gasteiger partial charge in [0.2, 0.25) is 0 Å². The Kier molecular flexibility index (Phi) is 4.15. The molecule has 1 amide bonds. The Morgan fingerprint density at radius 2 is 2.00 bits per heavy atom. The van der Waals surface area contributed by atoms with E-state index in [1.807, 2.05) is 51.2 Å². The zero-order valence-electron chi connectivity index (χ0n) is 15.3. The van der Waals surface area contributed by atoms with Crippen LogP contribution in [0.5, 0.6) is 0 Å². The van der Waals surface area contributed by atoms with E-state index < -0.39 is 0 Å². The van der Waals surface area contributed by atoms with Crippen LogP contribution in [0.3, 0.4) is 0 Å². The molecule has 8 heteroatoms. The first-order valence-electron chi connectivity index (χ1n) is 8.65. The highest BCUT2D eigenvalue weighted by Crippen LogP contribution is 2.26. The van der Waals surface area contributed by atoms with Crippen LogP contribution >= 0.6 is 0 Å². The molecule has 0 bridgehead atoms. The minimum Gasteiger partial charge on any atom is -0.321 e. The van der Waals surface area contributed by atoms with Gasteiger partial charge in [-0.2, -0.15) is 5.10 Å². The Morgan fingerprint density at radius 3 is 2.78 bits per heavy atom. The number of hydrogen-bond acceptors (Lipinski definition) is 5. The number of H-pyrrole nitrogens is 1. The molecule has 136 valence electrons. The molecule has 27 heavy (non-hydrogen) atoms. The second-order valence-electron chi connectivity index (χ2n) is 6.62. The first-order valence-corrected chi connectivity index (χ1v) is 8.65. The molecule has 0 fully saturated rings. The third kappa shape index (κ3) is 3.17. The van der Waals surface area contributed by atoms with Gasteiger partial charge in [0.05, 0.1) is 11.2 Å². The van der Waals surface area contributed by atoms with E-state index in [9.17, 15) is 4.79 Å². The molecule has 2 aromatic heterocycles. The standard InChI is InChI=1S/C19H19N7O/c1-11(2)17-21-18(24-23-17)13-6-4-5-7-14(13)20-19(27)12-8-9-16-15(10-12)22-25-26(16)3/h4-11H,1-3H3,(H,20,27)(H,21,23,24). The Morgan fingerprint density at radius 1 is 1.19 bits per heavy atom. The Bertz CT molecular complexity index is 1130. The Hall–Kier alpha value is -3.55. The summed E-state index contributed by atoms with van der Waals surface area (Å²) in [6.45, 7) is 4.08. The molecule has 2 aromatic carbocycles. The number of para-hydroxylation sites is 1. The maximum atomic E-state index is 12.7. The zero-order chi connectivity index (χ0) is 19.0. The molecule has 0 aliphatic carbocycles. The molecule has 8 nitrogen and oxygen atoms in total. The number of rotatable bonds is 4. The van der Waals surface area contributed by atoms with Gasteiger partial charge >= 0.3 is 0 Å². The van der Waals surface area contributed by atoms with Crippen LogP contribution in [0.25, 0.3) is 22.4 Å². The summed E-state index contributed by atoms with van der Waals surface area (Å²) in [6, 6.07) is 12.8. The van der Waals surface area contributed by atoms with Gasteiger partial charge in [-0.25, -0.2) is 9.67 Å². The molecule has 2 heterocycles. The first-order chi connectivity index (χ1) is 13.0. The van der Waals surface area contributed by atoms with Crippen LogP contribution in [0, 0.1) is 0 Å². The van der Waals surface area contributed by atoms with Crippen LogP contribution in [0.4, 0.5) is 5.69 Å². The highest BCUT2D eigenvalue weighted by Gasteiger charge is 2.15. The van der Waals surface area contributed by atoms with E-state index >= 15 is 0 Å². The second-order valence-corrected chi connectivity index (χ2v) is 6.62. The van der Waals surface area contributed by atoms with E-state index in [4.69, 9.17) is 0 Å². The molecule has 0 aliphatic rings. The van der Waals surface area contributed by atoms with Crippen molar-refractivity contribution in [1.29, 1.82) is 0 Å². The van der Waals surface area contributed by atoms with Gasteiger partial charge in [0.25, 0.3) is 5.91 Å². The monoisotopic (exact) mass is 361 g/mol. The highest BCUT2D eigenvalue weighted by molar-refractivity contribution is 6.07. The van der Waals surface area contributed by atoms with Crippen molar-refractivity contribution in [3.8, 4) is 11.4 Å². The third-order valence-electron chi connectivity index (χ3n) is 4.34. The SMILES string of the molecule is CC(C)c1nc(-c2ccccc2NC(=O)c2ccc3c(c2)nnn3C)n[nH]1. The van der Waals surface area contributed by atoms with Gasteiger partial charge in [0.15, 0.2) is 5.82 Å². The van der Waals surface area contributed by atoms with Crippen LogP contribution in [0.2, 0.25) is 0 Å². The first kappa shape index (κ1) is 16.9. The number of carbonyl (C=O) groups is 1. The zero-order valence-corrected chi connectivity index (χ0v) is 15.3. The molecule has 0 radical (unpaired) electrons. The summed E-state index contributed by atoms with van der Waals surface area (Å²) in [6.07, 6.45) is 0. The molecule has 0 atom stereocenters. The van der Waals surface area contributed by atoms with Gasteiger partial charge in [0.1, 0.15) is 11.3 Å². The number of nitrogens with zero attached hydrogens (tertiary/aromatic N) is 5. The Balaban J connectivity index is 1.64. The smallest absolute Gasteiger partial charge is 0.255 e. The van der Waals surface area contributed by atoms with Crippen molar-refractivity contribution in [3.63, 3.8) is 0 Å². The van der Waals surface area contributed by atoms with Crippen molar-refractivity contribution in [3.05, 3.63) is 53.9 Å². The fourth-order valence-corrected chi connectivity index (χ4v) is 2.82. The van der Waals surface area contributed by atoms with Crippen LogP contribution in [-0.4, -0.2) is 36.1 Å². The average molecular weight is 361 g/mol. The molecule has 0 saturated heterocycles. The van der Waals surface area contributed by atoms with E-state index in [1.54, 1.807) is 16.8 Å². The van der Waals surface area contributed by atoms with Gasteiger partial charge in [-0.15, -0.1) is 5.10 Å². The number of nitrogens with one attached hydrogen (secondary N) is 2. The predicted octanol–water partition coefficient (Wildman–Crippen LogP) is 3.13. The number of amides is 1. The lowest BCUT2D eigenvalue weighted by atomic mass is 10.1. The van der Waals surface area contributed by atoms with Gasteiger partial charge in [-0.3, -0.25) is 9.89 Å². The number of carbonyl (C=O) groups excluding carboxylic acids is 1. The largest absolute Gasteiger partial charge is 0.321 e. The molecule has 4 aromatic rings. The van der Waals surface area contributed by atoms with Crippen molar-refractivity contribution in [2.45, 2.75) is 19.8 Å². The lowest BCUT2D eigenvalue weighted by Crippen LogP contribution is -2.12. The summed E-state index contributed by atoms with van der Waals surface area (Å²) >= 11 is 0. The highest BCUT2D eigenvalue weighted by atomic mass is 16.1. The molecular formula is C19H19N7O. The van der Waals surface area contributed by atoms with Crippen LogP contribution < -0.4 is 5.32 Å². The van der Waals surface area contributed by atoms with E-state index in [1.165, 1.54) is 0 Å². The number of aromatic nitrogens is 6. The molecule has 0 aliphatic heterocycles. The van der Waals surface area contributed by atoms with Crippen molar-refractivity contribution < 1.29 is 4.79 Å². The molecule has 0 saturated carbocycles. The normalized spacial score (nSPS) is 11.3. The van der Waals surface area contributed by atoms with E-state index in [0.717, 1.165) is 16.9 Å². The second kappa shape index (κ2) is 6.64. The number of anilines is 1. The number of aromatic amines is 1. The summed E-state index contributed by atoms with van der Waals surface area (Å²) < 4.78 is 1.67. The predicted molar refractivity (Wildman–Crippen MR) is 102 cm³/mol. The third-order valence-corrected chi connectivity index (χ3v) is 4.34. The molecular weight excluding hydrogens is 342 g/mol. The fraction of sp³-hybridized carbons (Fsp3) is 0.211. The van der Waals surface area contributed by atoms with Crippen LogP contribution in [0.1, 0.15) is 35.9 Å². The lowest BCUT2D eigenvalue weighted by molar-refractivity contribution is 0.102. The quantitative estimate of drug-likeness (QED) is 0.581. The van der Waals surface area contributed by atoms with Gasteiger partial charge in [0, 0.05) is 24.1 Å². The molecule has 4 rings (SSSR count). The maximum Gasteiger partial charge on any atom is 0.255 e. The minimum absolute atomic E-state index is 0.227. The average Bonchev–Trinajstić information content (AvgIpc) is 3.29. The van der Waals surface area contributed by atoms with Crippen molar-refractivity contribution in [2.75, 3.05) is 5.32 Å². The van der Waals surface area contributed by atoms with Crippen molar-refractivity contribution >= 4 is 22.6 Å². The Labute approximate surface area is 155 Å². The number of fused-ring (bicyclic) bond motifs is 1. The maximum absolute atomic E-state index is 12.7. The lowest BCUT2D eigenvalue weighted by Gasteiger charge is -2.09.